The quantitative estimate of drug-likeness (QED) is 0.790. The largest absolute Gasteiger partial charge is 0.377 e. The summed E-state index contributed by atoms with van der Waals surface area (Å²) >= 11 is 0. The van der Waals surface area contributed by atoms with Crippen molar-refractivity contribution >= 4 is 0 Å². The molecular weight excluding hydrogens is 224 g/mol. The van der Waals surface area contributed by atoms with E-state index in [9.17, 15) is 0 Å². The number of nitrogens with one attached hydrogen (secondary N) is 1. The number of ether oxygens (including phenoxy) is 1. The van der Waals surface area contributed by atoms with Crippen LogP contribution in [0.4, 0.5) is 0 Å². The number of piperidine rings is 1. The van der Waals surface area contributed by atoms with Crippen LogP contribution in [0.1, 0.15) is 47.5 Å². The minimum absolute atomic E-state index is 0.239. The van der Waals surface area contributed by atoms with E-state index in [1.54, 1.807) is 0 Å². The van der Waals surface area contributed by atoms with Crippen LogP contribution in [-0.4, -0.2) is 49.3 Å². The highest BCUT2D eigenvalue weighted by atomic mass is 16.5. The number of rotatable bonds is 6. The van der Waals surface area contributed by atoms with Crippen molar-refractivity contribution in [2.24, 2.45) is 5.92 Å². The summed E-state index contributed by atoms with van der Waals surface area (Å²) in [6.45, 7) is 16.5. The fourth-order valence-electron chi connectivity index (χ4n) is 2.39. The van der Waals surface area contributed by atoms with Gasteiger partial charge in [-0.2, -0.15) is 0 Å². The summed E-state index contributed by atoms with van der Waals surface area (Å²) in [4.78, 5) is 2.56. The molecule has 0 saturated carbocycles. The Morgan fingerprint density at radius 1 is 1.33 bits per heavy atom. The second-order valence-electron chi connectivity index (χ2n) is 6.86. The van der Waals surface area contributed by atoms with Crippen molar-refractivity contribution in [1.29, 1.82) is 0 Å². The van der Waals surface area contributed by atoms with Crippen molar-refractivity contribution in [2.75, 3.05) is 32.8 Å². The fraction of sp³-hybridized carbons (Fsp3) is 1.00. The molecule has 1 aliphatic rings. The molecule has 1 fully saturated rings. The number of likely N-dealkylation sites (tertiary alicyclic amines) is 1. The molecule has 0 aromatic heterocycles. The van der Waals surface area contributed by atoms with Crippen LogP contribution in [0.15, 0.2) is 0 Å². The first-order valence-electron chi connectivity index (χ1n) is 7.46. The SMILES string of the molecule is CC(C)OCCN1CCCC(CNC(C)(C)C)C1. The lowest BCUT2D eigenvalue weighted by atomic mass is 9.96. The molecule has 1 aliphatic heterocycles. The molecule has 0 aliphatic carbocycles. The van der Waals surface area contributed by atoms with Gasteiger partial charge in [-0.3, -0.25) is 0 Å². The van der Waals surface area contributed by atoms with Gasteiger partial charge in [0.25, 0.3) is 0 Å². The topological polar surface area (TPSA) is 24.5 Å². The van der Waals surface area contributed by atoms with Crippen LogP contribution in [0.5, 0.6) is 0 Å². The fourth-order valence-corrected chi connectivity index (χ4v) is 2.39. The molecule has 0 spiro atoms. The molecule has 1 N–H and O–H groups in total. The van der Waals surface area contributed by atoms with E-state index in [0.29, 0.717) is 6.10 Å². The van der Waals surface area contributed by atoms with Gasteiger partial charge in [-0.05, 0) is 66.5 Å². The highest BCUT2D eigenvalue weighted by Crippen LogP contribution is 2.16. The number of hydrogen-bond acceptors (Lipinski definition) is 3. The predicted octanol–water partition coefficient (Wildman–Crippen LogP) is 2.51. The number of nitrogens with zero attached hydrogens (tertiary/aromatic N) is 1. The third kappa shape index (κ3) is 7.34. The van der Waals surface area contributed by atoms with Gasteiger partial charge in [-0.25, -0.2) is 0 Å². The standard InChI is InChI=1S/C15H32N2O/c1-13(2)18-10-9-17-8-6-7-14(12-17)11-16-15(3,4)5/h13-14,16H,6-12H2,1-5H3. The Kier molecular flexibility index (Phi) is 6.61. The first-order valence-corrected chi connectivity index (χ1v) is 7.46. The normalized spacial score (nSPS) is 22.7. The first kappa shape index (κ1) is 15.9. The van der Waals surface area contributed by atoms with Crippen LogP contribution < -0.4 is 5.32 Å². The molecule has 1 heterocycles. The van der Waals surface area contributed by atoms with Gasteiger partial charge < -0.3 is 15.0 Å². The molecule has 1 atom stereocenters. The molecule has 1 saturated heterocycles. The van der Waals surface area contributed by atoms with Gasteiger partial charge in [-0.1, -0.05) is 0 Å². The molecule has 0 aromatic carbocycles. The maximum Gasteiger partial charge on any atom is 0.0596 e. The smallest absolute Gasteiger partial charge is 0.0596 e. The lowest BCUT2D eigenvalue weighted by Crippen LogP contribution is -2.45. The van der Waals surface area contributed by atoms with E-state index < -0.39 is 0 Å². The van der Waals surface area contributed by atoms with Crippen LogP contribution in [0.2, 0.25) is 0 Å². The Labute approximate surface area is 113 Å². The van der Waals surface area contributed by atoms with E-state index in [1.807, 2.05) is 0 Å². The summed E-state index contributed by atoms with van der Waals surface area (Å²) in [5.41, 5.74) is 0.239. The Hall–Kier alpha value is -0.120. The van der Waals surface area contributed by atoms with Crippen LogP contribution in [0.25, 0.3) is 0 Å². The van der Waals surface area contributed by atoms with Gasteiger partial charge in [-0.15, -0.1) is 0 Å². The molecule has 3 heteroatoms. The Bertz CT molecular complexity index is 223. The van der Waals surface area contributed by atoms with Gasteiger partial charge in [0.05, 0.1) is 12.7 Å². The monoisotopic (exact) mass is 256 g/mol. The van der Waals surface area contributed by atoms with Gasteiger partial charge >= 0.3 is 0 Å². The third-order valence-corrected chi connectivity index (χ3v) is 3.38. The molecule has 0 bridgehead atoms. The van der Waals surface area contributed by atoms with Gasteiger partial charge in [0.1, 0.15) is 0 Å². The van der Waals surface area contributed by atoms with Crippen molar-refractivity contribution in [1.82, 2.24) is 10.2 Å². The average Bonchev–Trinajstić information content (AvgIpc) is 2.26. The summed E-state index contributed by atoms with van der Waals surface area (Å²) in [5, 5.41) is 3.63. The third-order valence-electron chi connectivity index (χ3n) is 3.38. The highest BCUT2D eigenvalue weighted by Gasteiger charge is 2.21. The molecule has 1 unspecified atom stereocenters. The first-order chi connectivity index (χ1) is 8.37. The maximum atomic E-state index is 5.64. The van der Waals surface area contributed by atoms with E-state index in [1.165, 1.54) is 25.9 Å². The second-order valence-corrected chi connectivity index (χ2v) is 6.86. The highest BCUT2D eigenvalue weighted by molar-refractivity contribution is 4.78. The summed E-state index contributed by atoms with van der Waals surface area (Å²) < 4.78 is 5.64. The van der Waals surface area contributed by atoms with Crippen molar-refractivity contribution in [2.45, 2.75) is 59.1 Å². The van der Waals surface area contributed by atoms with Gasteiger partial charge in [0, 0.05) is 18.6 Å². The zero-order valence-electron chi connectivity index (χ0n) is 13.0. The van der Waals surface area contributed by atoms with E-state index in [-0.39, 0.29) is 5.54 Å². The van der Waals surface area contributed by atoms with Crippen LogP contribution >= 0.6 is 0 Å². The molecule has 1 rings (SSSR count). The minimum atomic E-state index is 0.239. The summed E-state index contributed by atoms with van der Waals surface area (Å²) in [5.74, 6) is 0.803. The number of hydrogen-bond donors (Lipinski definition) is 1. The Morgan fingerprint density at radius 3 is 2.67 bits per heavy atom. The lowest BCUT2D eigenvalue weighted by molar-refractivity contribution is 0.0483. The zero-order valence-corrected chi connectivity index (χ0v) is 13.0. The van der Waals surface area contributed by atoms with E-state index in [4.69, 9.17) is 4.74 Å². The molecule has 108 valence electrons. The van der Waals surface area contributed by atoms with E-state index in [2.05, 4.69) is 44.8 Å². The molecular formula is C15H32N2O. The van der Waals surface area contributed by atoms with Crippen molar-refractivity contribution in [3.8, 4) is 0 Å². The molecule has 18 heavy (non-hydrogen) atoms. The van der Waals surface area contributed by atoms with E-state index in [0.717, 1.165) is 25.6 Å². The Balaban J connectivity index is 2.19. The van der Waals surface area contributed by atoms with Crippen LogP contribution in [0.3, 0.4) is 0 Å². The lowest BCUT2D eigenvalue weighted by Gasteiger charge is -2.34. The van der Waals surface area contributed by atoms with Crippen molar-refractivity contribution in [3.63, 3.8) is 0 Å². The van der Waals surface area contributed by atoms with Crippen molar-refractivity contribution in [3.05, 3.63) is 0 Å². The average molecular weight is 256 g/mol. The maximum absolute atomic E-state index is 5.64. The Morgan fingerprint density at radius 2 is 2.06 bits per heavy atom. The van der Waals surface area contributed by atoms with Crippen molar-refractivity contribution < 1.29 is 4.74 Å². The zero-order chi connectivity index (χ0) is 13.6. The minimum Gasteiger partial charge on any atom is -0.377 e. The summed E-state index contributed by atoms with van der Waals surface area (Å²) in [6.07, 6.45) is 3.05. The molecule has 0 amide bonds. The molecule has 0 aromatic rings. The summed E-state index contributed by atoms with van der Waals surface area (Å²) in [7, 11) is 0. The summed E-state index contributed by atoms with van der Waals surface area (Å²) in [6, 6.07) is 0. The van der Waals surface area contributed by atoms with Crippen LogP contribution in [-0.2, 0) is 4.74 Å². The predicted molar refractivity (Wildman–Crippen MR) is 78.0 cm³/mol. The molecule has 3 nitrogen and oxygen atoms in total. The van der Waals surface area contributed by atoms with Gasteiger partial charge in [0.15, 0.2) is 0 Å². The van der Waals surface area contributed by atoms with E-state index >= 15 is 0 Å². The van der Waals surface area contributed by atoms with Gasteiger partial charge in [0.2, 0.25) is 0 Å². The second kappa shape index (κ2) is 7.46. The van der Waals surface area contributed by atoms with Crippen LogP contribution in [0, 0.1) is 5.92 Å². The molecule has 0 radical (unpaired) electrons.